The smallest absolute Gasteiger partial charge is 0.340 e. The van der Waals surface area contributed by atoms with E-state index < -0.39 is 89.3 Å². The van der Waals surface area contributed by atoms with Gasteiger partial charge in [0.1, 0.15) is 35.9 Å². The van der Waals surface area contributed by atoms with Crippen molar-refractivity contribution in [3.8, 4) is 0 Å². The van der Waals surface area contributed by atoms with Crippen LogP contribution in [0.15, 0.2) is 60.9 Å². The minimum atomic E-state index is -1.74. The Balaban J connectivity index is 1.74. The number of benzene rings is 1. The van der Waals surface area contributed by atoms with Crippen LogP contribution in [0.5, 0.6) is 0 Å². The number of carbonyl (C=O) groups is 5. The summed E-state index contributed by atoms with van der Waals surface area (Å²) in [5.74, 6) is -4.80. The number of fused-ring (bicyclic) bond motifs is 1. The van der Waals surface area contributed by atoms with Gasteiger partial charge in [0.2, 0.25) is 0 Å². The molecule has 2 aliphatic carbocycles. The molecule has 0 N–H and O–H groups in total. The topological polar surface area (TPSA) is 154 Å². The van der Waals surface area contributed by atoms with Crippen LogP contribution >= 0.6 is 0 Å². The molecule has 2 saturated carbocycles. The molecule has 48 heavy (non-hydrogen) atoms. The quantitative estimate of drug-likeness (QED) is 0.214. The Morgan fingerprint density at radius 1 is 0.875 bits per heavy atom. The second-order valence-corrected chi connectivity index (χ2v) is 13.2. The largest absolute Gasteiger partial charge is 0.465 e. The summed E-state index contributed by atoms with van der Waals surface area (Å²) in [6, 6.07) is 12.2. The van der Waals surface area contributed by atoms with Gasteiger partial charge >= 0.3 is 29.8 Å². The maximum absolute atomic E-state index is 13.9. The summed E-state index contributed by atoms with van der Waals surface area (Å²) in [4.78, 5) is 69.6. The summed E-state index contributed by atoms with van der Waals surface area (Å²) in [7, 11) is 0. The zero-order valence-electron chi connectivity index (χ0n) is 27.9. The van der Waals surface area contributed by atoms with Crippen molar-refractivity contribution in [2.45, 2.75) is 90.0 Å². The summed E-state index contributed by atoms with van der Waals surface area (Å²) < 4.78 is 37.4. The molecule has 12 nitrogen and oxygen atoms in total. The summed E-state index contributed by atoms with van der Waals surface area (Å²) >= 11 is 0. The fourth-order valence-electron chi connectivity index (χ4n) is 8.06. The van der Waals surface area contributed by atoms with E-state index in [0.717, 1.165) is 5.56 Å². The highest BCUT2D eigenvalue weighted by atomic mass is 16.6. The number of carbonyl (C=O) groups excluding carboxylic acids is 5. The summed E-state index contributed by atoms with van der Waals surface area (Å²) in [5.41, 5.74) is -3.58. The first kappa shape index (κ1) is 34.7. The van der Waals surface area contributed by atoms with Crippen molar-refractivity contribution in [3.63, 3.8) is 0 Å². The number of nitrogens with zero attached hydrogens (tertiary/aromatic N) is 1. The van der Waals surface area contributed by atoms with Crippen LogP contribution in [0.3, 0.4) is 0 Å². The average molecular weight is 664 g/mol. The second kappa shape index (κ2) is 13.5. The van der Waals surface area contributed by atoms with Crippen LogP contribution in [0, 0.1) is 17.3 Å². The predicted molar refractivity (Wildman–Crippen MR) is 169 cm³/mol. The first-order chi connectivity index (χ1) is 22.7. The molecule has 3 aliphatic rings. The normalized spacial score (nSPS) is 31.6. The molecule has 2 aromatic rings. The number of rotatable bonds is 9. The van der Waals surface area contributed by atoms with Gasteiger partial charge in [-0.2, -0.15) is 0 Å². The van der Waals surface area contributed by atoms with Crippen molar-refractivity contribution in [2.24, 2.45) is 17.3 Å². The van der Waals surface area contributed by atoms with E-state index in [0.29, 0.717) is 6.42 Å². The van der Waals surface area contributed by atoms with Crippen molar-refractivity contribution in [1.29, 1.82) is 0 Å². The average Bonchev–Trinajstić information content (AvgIpc) is 3.22. The molecule has 256 valence electrons. The lowest BCUT2D eigenvalue weighted by Gasteiger charge is -2.63. The number of ether oxygens (including phenoxy) is 6. The van der Waals surface area contributed by atoms with E-state index >= 15 is 0 Å². The number of aromatic nitrogens is 1. The molecule has 1 saturated heterocycles. The number of hydrogen-bond donors (Lipinski definition) is 0. The molecule has 1 aliphatic heterocycles. The van der Waals surface area contributed by atoms with E-state index in [2.05, 4.69) is 4.98 Å². The molecular weight excluding hydrogens is 622 g/mol. The van der Waals surface area contributed by atoms with E-state index in [1.807, 2.05) is 37.3 Å². The summed E-state index contributed by atoms with van der Waals surface area (Å²) in [6.07, 6.45) is 1.42. The van der Waals surface area contributed by atoms with E-state index in [1.54, 1.807) is 26.0 Å². The maximum atomic E-state index is 13.9. The van der Waals surface area contributed by atoms with Crippen molar-refractivity contribution in [1.82, 2.24) is 4.98 Å². The monoisotopic (exact) mass is 663 g/mol. The third-order valence-corrected chi connectivity index (χ3v) is 9.75. The van der Waals surface area contributed by atoms with Crippen LogP contribution in [0.1, 0.15) is 70.3 Å². The molecule has 0 radical (unpaired) electrons. The van der Waals surface area contributed by atoms with Gasteiger partial charge in [-0.25, -0.2) is 9.59 Å². The van der Waals surface area contributed by atoms with Crippen molar-refractivity contribution >= 4 is 35.9 Å². The zero-order valence-corrected chi connectivity index (χ0v) is 27.9. The van der Waals surface area contributed by atoms with E-state index in [4.69, 9.17) is 28.4 Å². The third-order valence-electron chi connectivity index (χ3n) is 9.75. The van der Waals surface area contributed by atoms with E-state index in [9.17, 15) is 24.0 Å². The van der Waals surface area contributed by atoms with Crippen LogP contribution in [0.2, 0.25) is 0 Å². The Labute approximate surface area is 279 Å². The molecule has 0 amide bonds. The van der Waals surface area contributed by atoms with Gasteiger partial charge in [-0.15, -0.1) is 0 Å². The Hall–Kier alpha value is -4.58. The van der Waals surface area contributed by atoms with Gasteiger partial charge < -0.3 is 28.4 Å². The molecule has 2 bridgehead atoms. The van der Waals surface area contributed by atoms with Crippen LogP contribution in [-0.4, -0.2) is 77.1 Å². The van der Waals surface area contributed by atoms with Crippen molar-refractivity contribution in [2.75, 3.05) is 6.61 Å². The van der Waals surface area contributed by atoms with Gasteiger partial charge in [0, 0.05) is 39.2 Å². The van der Waals surface area contributed by atoms with E-state index in [-0.39, 0.29) is 12.0 Å². The minimum absolute atomic E-state index is 0.105. The van der Waals surface area contributed by atoms with Gasteiger partial charge in [0.15, 0.2) is 6.10 Å². The zero-order chi connectivity index (χ0) is 34.9. The first-order valence-electron chi connectivity index (χ1n) is 16.0. The Morgan fingerprint density at radius 2 is 1.58 bits per heavy atom. The van der Waals surface area contributed by atoms with Gasteiger partial charge in [-0.1, -0.05) is 37.3 Å². The lowest BCUT2D eigenvalue weighted by Crippen LogP contribution is -2.79. The van der Waals surface area contributed by atoms with E-state index in [1.165, 1.54) is 45.3 Å². The molecule has 0 unspecified atom stereocenters. The molecule has 12 heteroatoms. The fourth-order valence-corrected chi connectivity index (χ4v) is 8.06. The predicted octanol–water partition coefficient (Wildman–Crippen LogP) is 4.25. The molecule has 1 aromatic heterocycles. The van der Waals surface area contributed by atoms with Crippen LogP contribution in [0.25, 0.3) is 6.08 Å². The molecular formula is C36H41NO11. The van der Waals surface area contributed by atoms with Crippen LogP contribution in [-0.2, 0) is 47.6 Å². The fraction of sp³-hybridized carbons (Fsp3) is 0.500. The molecule has 1 aromatic carbocycles. The molecule has 8 atom stereocenters. The molecule has 2 heterocycles. The summed E-state index contributed by atoms with van der Waals surface area (Å²) in [6.45, 7) is 8.63. The third kappa shape index (κ3) is 6.21. The molecule has 1 spiro atoms. The van der Waals surface area contributed by atoms with Gasteiger partial charge in [0.25, 0.3) is 0 Å². The van der Waals surface area contributed by atoms with Gasteiger partial charge in [-0.05, 0) is 56.4 Å². The SMILES string of the molecule is CC(=O)OC[C@@]12[C@@H](OC(=O)/C=C\c3ccccc3)CC[C@@H](C)[C@]13OC(C)(C)[C@H]([C@@H](OC(C)=O)[C@H]2OC(=O)c1cccnc1)[C@H]3OC(C)=O. The second-order valence-electron chi connectivity index (χ2n) is 13.2. The van der Waals surface area contributed by atoms with Gasteiger partial charge in [-0.3, -0.25) is 19.4 Å². The van der Waals surface area contributed by atoms with Crippen LogP contribution in [0.4, 0.5) is 0 Å². The van der Waals surface area contributed by atoms with Crippen LogP contribution < -0.4 is 0 Å². The maximum Gasteiger partial charge on any atom is 0.340 e. The number of hydrogen-bond acceptors (Lipinski definition) is 12. The lowest BCUT2D eigenvalue weighted by molar-refractivity contribution is -0.314. The Kier molecular flexibility index (Phi) is 9.77. The lowest BCUT2D eigenvalue weighted by atomic mass is 9.47. The summed E-state index contributed by atoms with van der Waals surface area (Å²) in [5, 5.41) is 0. The Morgan fingerprint density at radius 3 is 2.21 bits per heavy atom. The number of esters is 5. The molecule has 3 fully saturated rings. The first-order valence-corrected chi connectivity index (χ1v) is 16.0. The van der Waals surface area contributed by atoms with Crippen molar-refractivity contribution < 1.29 is 52.4 Å². The molecule has 5 rings (SSSR count). The number of pyridine rings is 1. The highest BCUT2D eigenvalue weighted by Gasteiger charge is 2.84. The minimum Gasteiger partial charge on any atom is -0.465 e. The van der Waals surface area contributed by atoms with Crippen molar-refractivity contribution in [3.05, 3.63) is 72.1 Å². The Bertz CT molecular complexity index is 1570. The standard InChI is InChI=1S/C36H41NO11/c1-21-14-16-27(46-28(41)17-15-25-11-8-7-9-12-25)35(20-43-22(2)38)32(47-33(42)26-13-10-18-37-19-26)30(44-23(3)39)29-31(45-24(4)40)36(21,35)48-34(29,5)6/h7-13,15,17-19,21,27,29-32H,14,16,20H2,1-6H3/b17-15-/t21-,27+,29-,30-,31-,32-,35+,36-/m1/s1. The van der Waals surface area contributed by atoms with Gasteiger partial charge in [0.05, 0.1) is 17.1 Å². The highest BCUT2D eigenvalue weighted by Crippen LogP contribution is 2.68. The highest BCUT2D eigenvalue weighted by molar-refractivity contribution is 5.89.